The maximum atomic E-state index is 13.5. The van der Waals surface area contributed by atoms with Gasteiger partial charge >= 0.3 is 0 Å². The summed E-state index contributed by atoms with van der Waals surface area (Å²) < 4.78 is 5.67. The van der Waals surface area contributed by atoms with Crippen LogP contribution in [0.15, 0.2) is 57.0 Å². The molecular formula is C33H39N7O5. The molecule has 1 unspecified atom stereocenters. The predicted octanol–water partition coefficient (Wildman–Crippen LogP) is 4.02. The van der Waals surface area contributed by atoms with E-state index in [1.54, 1.807) is 17.0 Å². The lowest BCUT2D eigenvalue weighted by Crippen LogP contribution is -2.44. The molecule has 2 saturated heterocycles. The minimum atomic E-state index is -0.574. The highest BCUT2D eigenvalue weighted by molar-refractivity contribution is 6.10. The van der Waals surface area contributed by atoms with Gasteiger partial charge in [-0.1, -0.05) is 13.3 Å². The highest BCUT2D eigenvalue weighted by atomic mass is 16.3. The van der Waals surface area contributed by atoms with Gasteiger partial charge in [0.1, 0.15) is 17.0 Å². The van der Waals surface area contributed by atoms with Crippen LogP contribution in [-0.4, -0.2) is 83.3 Å². The molecule has 0 saturated carbocycles. The maximum Gasteiger partial charge on any atom is 0.269 e. The fourth-order valence-corrected chi connectivity index (χ4v) is 5.46. The van der Waals surface area contributed by atoms with Gasteiger partial charge in [0.2, 0.25) is 17.8 Å². The third kappa shape index (κ3) is 8.20. The molecule has 0 aliphatic carbocycles. The van der Waals surface area contributed by atoms with Crippen molar-refractivity contribution in [2.45, 2.75) is 52.4 Å². The Hall–Kier alpha value is -4.87. The number of likely N-dealkylation sites (tertiary alicyclic amines) is 2. The summed E-state index contributed by atoms with van der Waals surface area (Å²) in [6.07, 6.45) is 7.81. The number of aliphatic imine (C=N–C) groups is 2. The van der Waals surface area contributed by atoms with Crippen molar-refractivity contribution in [3.05, 3.63) is 59.6 Å². The minimum Gasteiger partial charge on any atom is -0.461 e. The second kappa shape index (κ2) is 14.7. The molecule has 4 heterocycles. The highest BCUT2D eigenvalue weighted by Gasteiger charge is 2.29. The van der Waals surface area contributed by atoms with E-state index in [-0.39, 0.29) is 41.5 Å². The number of pyridine rings is 1. The number of carbonyl (C=O) groups excluding carboxylic acids is 4. The van der Waals surface area contributed by atoms with E-state index in [1.165, 1.54) is 24.5 Å². The van der Waals surface area contributed by atoms with Crippen LogP contribution in [0.3, 0.4) is 0 Å². The van der Waals surface area contributed by atoms with Crippen molar-refractivity contribution in [1.82, 2.24) is 25.4 Å². The summed E-state index contributed by atoms with van der Waals surface area (Å²) in [6, 6.07) is 10.2. The van der Waals surface area contributed by atoms with Gasteiger partial charge in [-0.2, -0.15) is 0 Å². The van der Waals surface area contributed by atoms with Crippen LogP contribution in [0.2, 0.25) is 0 Å². The number of hydrogen-bond acceptors (Lipinski definition) is 7. The molecule has 2 fully saturated rings. The van der Waals surface area contributed by atoms with Crippen LogP contribution in [0.1, 0.15) is 72.1 Å². The number of nitrogens with one attached hydrogen (secondary N) is 2. The zero-order chi connectivity index (χ0) is 31.8. The minimum absolute atomic E-state index is 0.0231. The van der Waals surface area contributed by atoms with E-state index < -0.39 is 11.8 Å². The van der Waals surface area contributed by atoms with E-state index in [1.807, 2.05) is 30.9 Å². The van der Waals surface area contributed by atoms with Crippen LogP contribution >= 0.6 is 0 Å². The molecule has 0 spiro atoms. The molecule has 5 rings (SSSR count). The topological polar surface area (TPSA) is 150 Å². The average molecular weight is 614 g/mol. The van der Waals surface area contributed by atoms with Crippen LogP contribution < -0.4 is 10.6 Å². The second-order valence-corrected chi connectivity index (χ2v) is 11.4. The largest absolute Gasteiger partial charge is 0.461 e. The monoisotopic (exact) mass is 613 g/mol. The number of guanidine groups is 1. The van der Waals surface area contributed by atoms with E-state index in [2.05, 4.69) is 25.6 Å². The Kier molecular flexibility index (Phi) is 10.3. The number of amides is 4. The molecule has 4 amide bonds. The number of aryl methyl sites for hydroxylation is 1. The van der Waals surface area contributed by atoms with Crippen molar-refractivity contribution in [2.75, 3.05) is 32.7 Å². The first-order chi connectivity index (χ1) is 21.8. The summed E-state index contributed by atoms with van der Waals surface area (Å²) in [5, 5.41) is 6.34. The van der Waals surface area contributed by atoms with Crippen molar-refractivity contribution >= 4 is 52.5 Å². The molecule has 1 atom stereocenters. The lowest BCUT2D eigenvalue weighted by molar-refractivity contribution is -0.140. The molecule has 2 aliphatic rings. The van der Waals surface area contributed by atoms with Crippen molar-refractivity contribution in [2.24, 2.45) is 15.9 Å². The molecule has 2 aromatic heterocycles. The van der Waals surface area contributed by atoms with Crippen LogP contribution in [0, 0.1) is 12.8 Å². The summed E-state index contributed by atoms with van der Waals surface area (Å²) in [5.41, 5.74) is 1.55. The quantitative estimate of drug-likeness (QED) is 0.290. The Labute approximate surface area is 262 Å². The molecule has 3 aromatic rings. The SMILES string of the molecule is CCCNC(=O)c1cc(C(=O)NC(=Nc2ccc3oc(C)cc3c2)/N=C/C2CCCCN(CC(=O)N3CCCC3)C2=O)ccn1. The highest BCUT2D eigenvalue weighted by Crippen LogP contribution is 2.24. The fourth-order valence-electron chi connectivity index (χ4n) is 5.46. The Morgan fingerprint density at radius 3 is 2.64 bits per heavy atom. The number of hydrogen-bond donors (Lipinski definition) is 2. The van der Waals surface area contributed by atoms with Crippen molar-refractivity contribution in [1.29, 1.82) is 0 Å². The molecule has 12 nitrogen and oxygen atoms in total. The molecule has 12 heteroatoms. The normalized spacial score (nSPS) is 17.6. The van der Waals surface area contributed by atoms with Gasteiger partial charge in [-0.15, -0.1) is 0 Å². The number of carbonyl (C=O) groups is 4. The number of nitrogens with zero attached hydrogens (tertiary/aromatic N) is 5. The number of aromatic nitrogens is 1. The summed E-state index contributed by atoms with van der Waals surface area (Å²) in [5.74, 6) is -0.946. The predicted molar refractivity (Wildman–Crippen MR) is 171 cm³/mol. The molecule has 0 bridgehead atoms. The molecule has 236 valence electrons. The summed E-state index contributed by atoms with van der Waals surface area (Å²) in [7, 11) is 0. The van der Waals surface area contributed by atoms with Crippen LogP contribution in [0.25, 0.3) is 11.0 Å². The summed E-state index contributed by atoms with van der Waals surface area (Å²) in [6.45, 7) is 6.33. The molecule has 0 radical (unpaired) electrons. The van der Waals surface area contributed by atoms with Gasteiger partial charge in [0, 0.05) is 49.5 Å². The summed E-state index contributed by atoms with van der Waals surface area (Å²) >= 11 is 0. The van der Waals surface area contributed by atoms with Gasteiger partial charge in [-0.25, -0.2) is 9.98 Å². The smallest absolute Gasteiger partial charge is 0.269 e. The first kappa shape index (κ1) is 31.6. The third-order valence-electron chi connectivity index (χ3n) is 7.86. The van der Waals surface area contributed by atoms with Crippen LogP contribution in [-0.2, 0) is 9.59 Å². The number of fused-ring (bicyclic) bond motifs is 1. The zero-order valence-corrected chi connectivity index (χ0v) is 25.8. The number of benzene rings is 1. The Morgan fingerprint density at radius 1 is 1.04 bits per heavy atom. The first-order valence-electron chi connectivity index (χ1n) is 15.6. The van der Waals surface area contributed by atoms with E-state index in [9.17, 15) is 19.2 Å². The van der Waals surface area contributed by atoms with Gasteiger partial charge in [-0.3, -0.25) is 29.5 Å². The lowest BCUT2D eigenvalue weighted by atomic mass is 10.0. The van der Waals surface area contributed by atoms with E-state index in [4.69, 9.17) is 4.42 Å². The molecule has 45 heavy (non-hydrogen) atoms. The van der Waals surface area contributed by atoms with Crippen LogP contribution in [0.5, 0.6) is 0 Å². The average Bonchev–Trinajstić information content (AvgIpc) is 3.68. The van der Waals surface area contributed by atoms with E-state index in [0.29, 0.717) is 30.8 Å². The fraction of sp³-hybridized carbons (Fsp3) is 0.424. The van der Waals surface area contributed by atoms with E-state index in [0.717, 1.165) is 56.3 Å². The van der Waals surface area contributed by atoms with Crippen molar-refractivity contribution in [3.63, 3.8) is 0 Å². The zero-order valence-electron chi connectivity index (χ0n) is 25.8. The van der Waals surface area contributed by atoms with Gasteiger partial charge in [0.05, 0.1) is 18.2 Å². The van der Waals surface area contributed by atoms with E-state index >= 15 is 0 Å². The third-order valence-corrected chi connectivity index (χ3v) is 7.86. The van der Waals surface area contributed by atoms with Gasteiger partial charge in [0.15, 0.2) is 0 Å². The Morgan fingerprint density at radius 2 is 1.84 bits per heavy atom. The Bertz CT molecular complexity index is 1620. The first-order valence-corrected chi connectivity index (χ1v) is 15.6. The van der Waals surface area contributed by atoms with Crippen LogP contribution in [0.4, 0.5) is 5.69 Å². The van der Waals surface area contributed by atoms with Crippen molar-refractivity contribution < 1.29 is 23.6 Å². The van der Waals surface area contributed by atoms with Gasteiger partial charge < -0.3 is 19.5 Å². The maximum absolute atomic E-state index is 13.5. The number of rotatable bonds is 8. The molecular weight excluding hydrogens is 574 g/mol. The van der Waals surface area contributed by atoms with Gasteiger partial charge in [0.25, 0.3) is 11.8 Å². The molecule has 2 N–H and O–H groups in total. The summed E-state index contributed by atoms with van der Waals surface area (Å²) in [4.78, 5) is 68.8. The standard InChI is InChI=1S/C33H39N7O5/c1-3-12-35-31(43)27-19-23(11-13-34-27)30(42)38-33(37-26-9-10-28-25(18-26)17-22(2)45-28)36-20-24-8-4-5-16-40(32(24)44)21-29(41)39-14-6-7-15-39/h9-11,13,17-20,24H,3-8,12,14-16,21H2,1-2H3,(H,35,43)(H,37,38,42)/b36-20+. The lowest BCUT2D eigenvalue weighted by Gasteiger charge is -2.25. The molecule has 2 aliphatic heterocycles. The molecule has 1 aromatic carbocycles. The van der Waals surface area contributed by atoms with Gasteiger partial charge in [-0.05, 0) is 75.4 Å². The Balaban J connectivity index is 1.38. The number of furan rings is 1. The second-order valence-electron chi connectivity index (χ2n) is 11.4. The van der Waals surface area contributed by atoms with Crippen molar-refractivity contribution in [3.8, 4) is 0 Å².